The van der Waals surface area contributed by atoms with E-state index < -0.39 is 0 Å². The van der Waals surface area contributed by atoms with Gasteiger partial charge in [-0.3, -0.25) is 4.98 Å². The van der Waals surface area contributed by atoms with Gasteiger partial charge in [0, 0.05) is 21.5 Å². The molecule has 0 fully saturated rings. The van der Waals surface area contributed by atoms with Crippen molar-refractivity contribution < 1.29 is 4.79 Å². The van der Waals surface area contributed by atoms with Gasteiger partial charge >= 0.3 is 6.03 Å². The monoisotopic (exact) mass is 407 g/mol. The largest absolute Gasteiger partial charge is 0.323 e. The lowest BCUT2D eigenvalue weighted by atomic mass is 10.1. The number of benzene rings is 2. The molecule has 26 heavy (non-hydrogen) atoms. The highest BCUT2D eigenvalue weighted by molar-refractivity contribution is 9.10. The molecule has 0 spiro atoms. The van der Waals surface area contributed by atoms with Crippen LogP contribution in [-0.4, -0.2) is 11.0 Å². The van der Waals surface area contributed by atoms with Gasteiger partial charge in [0.05, 0.1) is 5.69 Å². The molecule has 0 aliphatic heterocycles. The minimum absolute atomic E-state index is 0.284. The van der Waals surface area contributed by atoms with E-state index >= 15 is 0 Å². The number of halogens is 1. The van der Waals surface area contributed by atoms with Crippen LogP contribution in [0.2, 0.25) is 0 Å². The first kappa shape index (κ1) is 17.9. The number of nitrogens with one attached hydrogen (secondary N) is 2. The summed E-state index contributed by atoms with van der Waals surface area (Å²) in [6.45, 7) is 1.96. The third-order valence-corrected chi connectivity index (χ3v) is 4.13. The van der Waals surface area contributed by atoms with Gasteiger partial charge in [-0.25, -0.2) is 4.79 Å². The van der Waals surface area contributed by atoms with Crippen molar-refractivity contribution in [1.82, 2.24) is 4.98 Å². The molecule has 2 amide bonds. The number of pyridine rings is 1. The standard InChI is InChI=1S/C21H18BrN3O/c1-15-4-2-6-18(23-15)11-8-16-5-3-7-20(14-16)25-21(26)24-19-12-9-17(22)10-13-19/h2-14H,1H3,(H2,24,25,26). The fraction of sp³-hybridized carbons (Fsp3) is 0.0476. The number of hydrogen-bond acceptors (Lipinski definition) is 2. The van der Waals surface area contributed by atoms with Crippen molar-refractivity contribution in [3.63, 3.8) is 0 Å². The first-order valence-corrected chi connectivity index (χ1v) is 8.93. The number of aromatic nitrogens is 1. The van der Waals surface area contributed by atoms with Crippen LogP contribution in [0.4, 0.5) is 16.2 Å². The molecular formula is C21H18BrN3O. The van der Waals surface area contributed by atoms with Crippen LogP contribution in [0, 0.1) is 6.92 Å². The molecule has 130 valence electrons. The number of amides is 2. The smallest absolute Gasteiger partial charge is 0.308 e. The molecule has 0 unspecified atom stereocenters. The Morgan fingerprint density at radius 1 is 0.923 bits per heavy atom. The quantitative estimate of drug-likeness (QED) is 0.559. The van der Waals surface area contributed by atoms with E-state index in [-0.39, 0.29) is 6.03 Å². The Labute approximate surface area is 161 Å². The van der Waals surface area contributed by atoms with Crippen molar-refractivity contribution in [2.45, 2.75) is 6.92 Å². The molecule has 0 radical (unpaired) electrons. The second-order valence-corrected chi connectivity index (χ2v) is 6.66. The summed E-state index contributed by atoms with van der Waals surface area (Å²) >= 11 is 3.37. The Hall–Kier alpha value is -2.92. The summed E-state index contributed by atoms with van der Waals surface area (Å²) in [4.78, 5) is 16.6. The predicted octanol–water partition coefficient (Wildman–Crippen LogP) is 5.97. The van der Waals surface area contributed by atoms with E-state index in [2.05, 4.69) is 31.5 Å². The van der Waals surface area contributed by atoms with Gasteiger partial charge in [-0.05, 0) is 67.1 Å². The van der Waals surface area contributed by atoms with E-state index in [1.807, 2.05) is 85.8 Å². The summed E-state index contributed by atoms with van der Waals surface area (Å²) in [5.74, 6) is 0. The van der Waals surface area contributed by atoms with Gasteiger partial charge in [-0.2, -0.15) is 0 Å². The lowest BCUT2D eigenvalue weighted by molar-refractivity contribution is 0.262. The Morgan fingerprint density at radius 3 is 2.42 bits per heavy atom. The average Bonchev–Trinajstić information content (AvgIpc) is 2.62. The molecule has 3 rings (SSSR count). The molecule has 0 aliphatic carbocycles. The number of aryl methyl sites for hydroxylation is 1. The molecule has 0 bridgehead atoms. The zero-order valence-corrected chi connectivity index (χ0v) is 15.8. The van der Waals surface area contributed by atoms with Crippen LogP contribution in [-0.2, 0) is 0 Å². The minimum atomic E-state index is -0.284. The first-order chi connectivity index (χ1) is 12.6. The third kappa shape index (κ3) is 5.29. The topological polar surface area (TPSA) is 54.0 Å². The molecule has 0 saturated heterocycles. The van der Waals surface area contributed by atoms with E-state index in [9.17, 15) is 4.79 Å². The third-order valence-electron chi connectivity index (χ3n) is 3.60. The number of anilines is 2. The maximum absolute atomic E-state index is 12.1. The fourth-order valence-corrected chi connectivity index (χ4v) is 2.65. The van der Waals surface area contributed by atoms with Crippen LogP contribution in [0.25, 0.3) is 12.2 Å². The van der Waals surface area contributed by atoms with Crippen molar-refractivity contribution >= 4 is 45.5 Å². The predicted molar refractivity (Wildman–Crippen MR) is 111 cm³/mol. The maximum Gasteiger partial charge on any atom is 0.323 e. The molecular weight excluding hydrogens is 390 g/mol. The van der Waals surface area contributed by atoms with Gasteiger partial charge in [0.1, 0.15) is 0 Å². The van der Waals surface area contributed by atoms with Crippen LogP contribution < -0.4 is 10.6 Å². The number of carbonyl (C=O) groups excluding carboxylic acids is 1. The summed E-state index contributed by atoms with van der Waals surface area (Å²) in [6, 6.07) is 20.7. The summed E-state index contributed by atoms with van der Waals surface area (Å²) in [6.07, 6.45) is 3.92. The first-order valence-electron chi connectivity index (χ1n) is 8.14. The zero-order chi connectivity index (χ0) is 18.4. The van der Waals surface area contributed by atoms with E-state index in [1.54, 1.807) is 0 Å². The highest BCUT2D eigenvalue weighted by Crippen LogP contribution is 2.16. The zero-order valence-electron chi connectivity index (χ0n) is 14.2. The number of carbonyl (C=O) groups is 1. The van der Waals surface area contributed by atoms with Crippen LogP contribution in [0.15, 0.2) is 71.2 Å². The summed E-state index contributed by atoms with van der Waals surface area (Å²) < 4.78 is 0.964. The highest BCUT2D eigenvalue weighted by atomic mass is 79.9. The molecule has 2 N–H and O–H groups in total. The Kier molecular flexibility index (Phi) is 5.81. The molecule has 0 aliphatic rings. The number of urea groups is 1. The van der Waals surface area contributed by atoms with Crippen LogP contribution in [0.3, 0.4) is 0 Å². The van der Waals surface area contributed by atoms with E-state index in [0.717, 1.165) is 32.8 Å². The molecule has 4 nitrogen and oxygen atoms in total. The van der Waals surface area contributed by atoms with E-state index in [0.29, 0.717) is 0 Å². The number of nitrogens with zero attached hydrogens (tertiary/aromatic N) is 1. The molecule has 2 aromatic carbocycles. The normalized spacial score (nSPS) is 10.7. The van der Waals surface area contributed by atoms with Gasteiger partial charge in [-0.1, -0.05) is 40.2 Å². The number of hydrogen-bond donors (Lipinski definition) is 2. The fourth-order valence-electron chi connectivity index (χ4n) is 2.39. The maximum atomic E-state index is 12.1. The SMILES string of the molecule is Cc1cccc(C=Cc2cccc(NC(=O)Nc3ccc(Br)cc3)c2)n1. The van der Waals surface area contributed by atoms with Crippen molar-refractivity contribution in [3.05, 3.63) is 88.2 Å². The van der Waals surface area contributed by atoms with Crippen LogP contribution in [0.1, 0.15) is 17.0 Å². The average molecular weight is 408 g/mol. The van der Waals surface area contributed by atoms with Crippen LogP contribution >= 0.6 is 15.9 Å². The molecule has 0 atom stereocenters. The van der Waals surface area contributed by atoms with Gasteiger partial charge in [0.25, 0.3) is 0 Å². The van der Waals surface area contributed by atoms with Gasteiger partial charge in [0.15, 0.2) is 0 Å². The minimum Gasteiger partial charge on any atom is -0.308 e. The Morgan fingerprint density at radius 2 is 1.65 bits per heavy atom. The molecule has 1 aromatic heterocycles. The number of rotatable bonds is 4. The van der Waals surface area contributed by atoms with Gasteiger partial charge < -0.3 is 10.6 Å². The Balaban J connectivity index is 1.65. The molecule has 5 heteroatoms. The Bertz CT molecular complexity index is 936. The lowest BCUT2D eigenvalue weighted by Gasteiger charge is -2.08. The second-order valence-electron chi connectivity index (χ2n) is 5.75. The summed E-state index contributed by atoms with van der Waals surface area (Å²) in [5, 5.41) is 5.64. The molecule has 1 heterocycles. The van der Waals surface area contributed by atoms with Gasteiger partial charge in [0.2, 0.25) is 0 Å². The van der Waals surface area contributed by atoms with Crippen molar-refractivity contribution in [2.75, 3.05) is 10.6 Å². The van der Waals surface area contributed by atoms with E-state index in [1.165, 1.54) is 0 Å². The van der Waals surface area contributed by atoms with Crippen molar-refractivity contribution in [3.8, 4) is 0 Å². The highest BCUT2D eigenvalue weighted by Gasteiger charge is 2.03. The van der Waals surface area contributed by atoms with Crippen LogP contribution in [0.5, 0.6) is 0 Å². The van der Waals surface area contributed by atoms with Gasteiger partial charge in [-0.15, -0.1) is 0 Å². The second kappa shape index (κ2) is 8.45. The van der Waals surface area contributed by atoms with E-state index in [4.69, 9.17) is 0 Å². The van der Waals surface area contributed by atoms with Crippen molar-refractivity contribution in [2.24, 2.45) is 0 Å². The lowest BCUT2D eigenvalue weighted by Crippen LogP contribution is -2.19. The molecule has 0 saturated carbocycles. The van der Waals surface area contributed by atoms with Crippen molar-refractivity contribution in [1.29, 1.82) is 0 Å². The summed E-state index contributed by atoms with van der Waals surface area (Å²) in [7, 11) is 0. The summed E-state index contributed by atoms with van der Waals surface area (Å²) in [5.41, 5.74) is 4.31. The molecule has 3 aromatic rings.